The van der Waals surface area contributed by atoms with Gasteiger partial charge in [-0.1, -0.05) is 30.3 Å². The molecule has 116 valence electrons. The van der Waals surface area contributed by atoms with Crippen LogP contribution in [-0.4, -0.2) is 24.1 Å². The van der Waals surface area contributed by atoms with Crippen molar-refractivity contribution in [1.29, 1.82) is 0 Å². The van der Waals surface area contributed by atoms with Crippen LogP contribution in [-0.2, 0) is 0 Å². The monoisotopic (exact) mass is 306 g/mol. The number of aromatic nitrogens is 1. The first-order valence-electron chi connectivity index (χ1n) is 7.75. The highest BCUT2D eigenvalue weighted by atomic mass is 16.5. The van der Waals surface area contributed by atoms with Gasteiger partial charge in [0.05, 0.1) is 12.6 Å². The Bertz CT molecular complexity index is 894. The normalized spacial score (nSPS) is 17.0. The molecule has 1 atom stereocenters. The van der Waals surface area contributed by atoms with Gasteiger partial charge in [-0.15, -0.1) is 0 Å². The van der Waals surface area contributed by atoms with E-state index in [9.17, 15) is 4.79 Å². The van der Waals surface area contributed by atoms with Crippen LogP contribution in [0.25, 0.3) is 22.0 Å². The molecule has 1 aromatic heterocycles. The van der Waals surface area contributed by atoms with Gasteiger partial charge in [-0.25, -0.2) is 0 Å². The Balaban J connectivity index is 1.98. The molecule has 1 amide bonds. The summed E-state index contributed by atoms with van der Waals surface area (Å²) in [5.41, 5.74) is 4.11. The number of ether oxygens (including phenoxy) is 1. The minimum Gasteiger partial charge on any atom is -0.497 e. The average Bonchev–Trinajstić information content (AvgIpc) is 2.99. The van der Waals surface area contributed by atoms with Crippen LogP contribution in [0.5, 0.6) is 5.75 Å². The Morgan fingerprint density at radius 3 is 2.70 bits per heavy atom. The third-order valence-electron chi connectivity index (χ3n) is 4.49. The molecule has 0 aliphatic carbocycles. The number of fused-ring (bicyclic) bond motifs is 3. The molecule has 0 fully saturated rings. The predicted molar refractivity (Wildman–Crippen MR) is 91.0 cm³/mol. The maximum Gasteiger partial charge on any atom is 0.268 e. The number of hydrogen-bond donors (Lipinski definition) is 1. The number of para-hydroxylation sites is 1. The topological polar surface area (TPSA) is 43.3 Å². The number of hydrogen-bond acceptors (Lipinski definition) is 2. The Morgan fingerprint density at radius 1 is 1.17 bits per heavy atom. The van der Waals surface area contributed by atoms with Crippen molar-refractivity contribution in [2.24, 2.45) is 0 Å². The molecule has 2 heterocycles. The van der Waals surface area contributed by atoms with Gasteiger partial charge < -0.3 is 14.6 Å². The van der Waals surface area contributed by atoms with Crippen molar-refractivity contribution in [3.8, 4) is 16.9 Å². The molecule has 1 aliphatic heterocycles. The second-order valence-corrected chi connectivity index (χ2v) is 5.93. The van der Waals surface area contributed by atoms with E-state index in [-0.39, 0.29) is 11.9 Å². The summed E-state index contributed by atoms with van der Waals surface area (Å²) in [5, 5.41) is 4.04. The Labute approximate surface area is 134 Å². The fourth-order valence-electron chi connectivity index (χ4n) is 3.34. The van der Waals surface area contributed by atoms with Gasteiger partial charge in [0, 0.05) is 23.5 Å². The van der Waals surface area contributed by atoms with Gasteiger partial charge in [0.1, 0.15) is 11.4 Å². The van der Waals surface area contributed by atoms with E-state index in [0.717, 1.165) is 33.5 Å². The van der Waals surface area contributed by atoms with E-state index in [1.54, 1.807) is 7.11 Å². The van der Waals surface area contributed by atoms with E-state index in [2.05, 4.69) is 41.1 Å². The fraction of sp³-hybridized carbons (Fsp3) is 0.211. The summed E-state index contributed by atoms with van der Waals surface area (Å²) >= 11 is 0. The minimum atomic E-state index is -0.0000177. The zero-order valence-corrected chi connectivity index (χ0v) is 13.2. The van der Waals surface area contributed by atoms with Crippen molar-refractivity contribution in [2.75, 3.05) is 13.7 Å². The third kappa shape index (κ3) is 2.10. The summed E-state index contributed by atoms with van der Waals surface area (Å²) in [4.78, 5) is 12.2. The molecular weight excluding hydrogens is 288 g/mol. The summed E-state index contributed by atoms with van der Waals surface area (Å²) in [5.74, 6) is 0.839. The Kier molecular flexibility index (Phi) is 3.11. The number of nitrogens with zero attached hydrogens (tertiary/aromatic N) is 1. The number of amides is 1. The van der Waals surface area contributed by atoms with Crippen molar-refractivity contribution in [2.45, 2.75) is 13.0 Å². The zero-order chi connectivity index (χ0) is 16.0. The number of nitrogens with one attached hydrogen (secondary N) is 1. The molecule has 1 N–H and O–H groups in total. The van der Waals surface area contributed by atoms with Gasteiger partial charge in [0.25, 0.3) is 5.91 Å². The molecule has 23 heavy (non-hydrogen) atoms. The van der Waals surface area contributed by atoms with Crippen molar-refractivity contribution < 1.29 is 9.53 Å². The van der Waals surface area contributed by atoms with Crippen molar-refractivity contribution >= 4 is 16.8 Å². The van der Waals surface area contributed by atoms with E-state index < -0.39 is 0 Å². The molecule has 2 aromatic carbocycles. The van der Waals surface area contributed by atoms with Crippen LogP contribution in [0.15, 0.2) is 48.5 Å². The van der Waals surface area contributed by atoms with Crippen molar-refractivity contribution in [3.05, 3.63) is 54.2 Å². The third-order valence-corrected chi connectivity index (χ3v) is 4.49. The predicted octanol–water partition coefficient (Wildman–Crippen LogP) is 3.62. The van der Waals surface area contributed by atoms with Crippen LogP contribution in [0.4, 0.5) is 0 Å². The number of methoxy groups -OCH3 is 1. The largest absolute Gasteiger partial charge is 0.497 e. The highest BCUT2D eigenvalue weighted by molar-refractivity contribution is 6.03. The lowest BCUT2D eigenvalue weighted by Crippen LogP contribution is -2.37. The summed E-state index contributed by atoms with van der Waals surface area (Å²) in [7, 11) is 1.67. The molecule has 0 spiro atoms. The van der Waals surface area contributed by atoms with Gasteiger partial charge in [0.15, 0.2) is 0 Å². The van der Waals surface area contributed by atoms with Gasteiger partial charge in [-0.2, -0.15) is 0 Å². The van der Waals surface area contributed by atoms with Crippen LogP contribution in [0.2, 0.25) is 0 Å². The summed E-state index contributed by atoms with van der Waals surface area (Å²) in [6.07, 6.45) is 0. The second kappa shape index (κ2) is 5.16. The van der Waals surface area contributed by atoms with Gasteiger partial charge in [0.2, 0.25) is 0 Å². The molecule has 0 bridgehead atoms. The number of rotatable bonds is 2. The summed E-state index contributed by atoms with van der Waals surface area (Å²) < 4.78 is 7.40. The molecule has 4 heteroatoms. The maximum absolute atomic E-state index is 12.2. The Hall–Kier alpha value is -2.75. The SMILES string of the molecule is COc1ccc(-c2cccc3cc4n(c23)[C@H](C)CNC4=O)cc1. The second-order valence-electron chi connectivity index (χ2n) is 5.93. The zero-order valence-electron chi connectivity index (χ0n) is 13.2. The fourth-order valence-corrected chi connectivity index (χ4v) is 3.34. The van der Waals surface area contributed by atoms with Crippen LogP contribution in [0.1, 0.15) is 23.5 Å². The quantitative estimate of drug-likeness (QED) is 0.786. The summed E-state index contributed by atoms with van der Waals surface area (Å²) in [6, 6.07) is 16.5. The molecular formula is C19H18N2O2. The molecule has 1 aliphatic rings. The number of carbonyl (C=O) groups is 1. The highest BCUT2D eigenvalue weighted by Crippen LogP contribution is 2.35. The number of carbonyl (C=O) groups excluding carboxylic acids is 1. The maximum atomic E-state index is 12.2. The highest BCUT2D eigenvalue weighted by Gasteiger charge is 2.25. The molecule has 0 unspecified atom stereocenters. The smallest absolute Gasteiger partial charge is 0.268 e. The Morgan fingerprint density at radius 2 is 1.96 bits per heavy atom. The lowest BCUT2D eigenvalue weighted by molar-refractivity contribution is 0.0919. The van der Waals surface area contributed by atoms with Crippen LogP contribution < -0.4 is 10.1 Å². The van der Waals surface area contributed by atoms with Gasteiger partial charge >= 0.3 is 0 Å². The summed E-state index contributed by atoms with van der Waals surface area (Å²) in [6.45, 7) is 2.79. The first-order valence-corrected chi connectivity index (χ1v) is 7.75. The standard InChI is InChI=1S/C19H18N2O2/c1-12-11-20-19(22)17-10-14-4-3-5-16(18(14)21(12)17)13-6-8-15(23-2)9-7-13/h3-10,12H,11H2,1-2H3,(H,20,22)/t12-/m1/s1. The van der Waals surface area contributed by atoms with Crippen molar-refractivity contribution in [3.63, 3.8) is 0 Å². The van der Waals surface area contributed by atoms with Gasteiger partial charge in [-0.05, 0) is 30.7 Å². The van der Waals surface area contributed by atoms with E-state index >= 15 is 0 Å². The first kappa shape index (κ1) is 13.9. The van der Waals surface area contributed by atoms with Crippen molar-refractivity contribution in [1.82, 2.24) is 9.88 Å². The average molecular weight is 306 g/mol. The van der Waals surface area contributed by atoms with Crippen LogP contribution in [0, 0.1) is 0 Å². The van der Waals surface area contributed by atoms with E-state index in [1.807, 2.05) is 24.3 Å². The molecule has 4 nitrogen and oxygen atoms in total. The van der Waals surface area contributed by atoms with E-state index in [4.69, 9.17) is 4.74 Å². The van der Waals surface area contributed by atoms with E-state index in [1.165, 1.54) is 0 Å². The van der Waals surface area contributed by atoms with Gasteiger partial charge in [-0.3, -0.25) is 4.79 Å². The van der Waals surface area contributed by atoms with Crippen LogP contribution >= 0.6 is 0 Å². The number of benzene rings is 2. The molecule has 0 radical (unpaired) electrons. The molecule has 4 rings (SSSR count). The molecule has 0 saturated carbocycles. The molecule has 3 aromatic rings. The molecule has 0 saturated heterocycles. The van der Waals surface area contributed by atoms with Crippen LogP contribution in [0.3, 0.4) is 0 Å². The van der Waals surface area contributed by atoms with E-state index in [0.29, 0.717) is 6.54 Å². The lowest BCUT2D eigenvalue weighted by atomic mass is 10.0. The minimum absolute atomic E-state index is 0.0000177. The lowest BCUT2D eigenvalue weighted by Gasteiger charge is -2.25. The first-order chi connectivity index (χ1) is 11.2.